The van der Waals surface area contributed by atoms with Crippen LogP contribution in [-0.2, 0) is 0 Å². The van der Waals surface area contributed by atoms with E-state index in [9.17, 15) is 0 Å². The van der Waals surface area contributed by atoms with E-state index in [1.807, 2.05) is 50.4 Å². The van der Waals surface area contributed by atoms with Gasteiger partial charge in [0.1, 0.15) is 0 Å². The van der Waals surface area contributed by atoms with E-state index in [0.29, 0.717) is 0 Å². The molecule has 21 heavy (non-hydrogen) atoms. The highest BCUT2D eigenvalue weighted by Crippen LogP contribution is 2.32. The number of aryl methyl sites for hydroxylation is 1. The Balaban J connectivity index is 2.24. The van der Waals surface area contributed by atoms with Gasteiger partial charge in [-0.3, -0.25) is 4.98 Å². The number of benzene rings is 2. The lowest BCUT2D eigenvalue weighted by atomic mass is 9.95. The van der Waals surface area contributed by atoms with E-state index in [-0.39, 0.29) is 6.04 Å². The molecule has 3 heteroatoms. The van der Waals surface area contributed by atoms with Crippen LogP contribution in [0.1, 0.15) is 22.9 Å². The van der Waals surface area contributed by atoms with E-state index in [4.69, 9.17) is 11.6 Å². The fourth-order valence-electron chi connectivity index (χ4n) is 2.77. The molecule has 1 unspecified atom stereocenters. The van der Waals surface area contributed by atoms with E-state index >= 15 is 0 Å². The summed E-state index contributed by atoms with van der Waals surface area (Å²) in [5.41, 5.74) is 4.31. The summed E-state index contributed by atoms with van der Waals surface area (Å²) in [6, 6.07) is 18.4. The van der Waals surface area contributed by atoms with Crippen molar-refractivity contribution in [2.75, 3.05) is 7.05 Å². The Morgan fingerprint density at radius 3 is 2.48 bits per heavy atom. The van der Waals surface area contributed by atoms with E-state index in [1.165, 1.54) is 5.56 Å². The highest BCUT2D eigenvalue weighted by Gasteiger charge is 2.18. The predicted octanol–water partition coefficient (Wildman–Crippen LogP) is 4.51. The Kier molecular flexibility index (Phi) is 3.91. The normalized spacial score (nSPS) is 12.5. The maximum atomic E-state index is 6.38. The molecule has 106 valence electrons. The van der Waals surface area contributed by atoms with Crippen molar-refractivity contribution >= 4 is 22.5 Å². The summed E-state index contributed by atoms with van der Waals surface area (Å²) in [5, 5.41) is 5.31. The molecule has 0 aliphatic rings. The number of aromatic nitrogens is 1. The van der Waals surface area contributed by atoms with Crippen LogP contribution in [0.25, 0.3) is 10.9 Å². The number of fused-ring (bicyclic) bond motifs is 1. The molecule has 1 N–H and O–H groups in total. The van der Waals surface area contributed by atoms with Gasteiger partial charge in [-0.05, 0) is 43.3 Å². The summed E-state index contributed by atoms with van der Waals surface area (Å²) in [4.78, 5) is 4.61. The number of pyridine rings is 1. The number of halogens is 1. The maximum absolute atomic E-state index is 6.38. The van der Waals surface area contributed by atoms with Crippen molar-refractivity contribution in [2.24, 2.45) is 0 Å². The number of nitrogens with one attached hydrogen (secondary N) is 1. The Morgan fingerprint density at radius 1 is 1.00 bits per heavy atom. The molecule has 0 amide bonds. The van der Waals surface area contributed by atoms with E-state index in [0.717, 1.165) is 27.2 Å². The van der Waals surface area contributed by atoms with Crippen molar-refractivity contribution in [1.29, 1.82) is 0 Å². The number of hydrogen-bond acceptors (Lipinski definition) is 2. The van der Waals surface area contributed by atoms with Crippen LogP contribution in [0.4, 0.5) is 0 Å². The Hall–Kier alpha value is -1.90. The molecule has 1 heterocycles. The van der Waals surface area contributed by atoms with Crippen LogP contribution < -0.4 is 5.32 Å². The van der Waals surface area contributed by atoms with Crippen LogP contribution in [0.5, 0.6) is 0 Å². The number of para-hydroxylation sites is 1. The molecule has 1 atom stereocenters. The summed E-state index contributed by atoms with van der Waals surface area (Å²) < 4.78 is 0. The van der Waals surface area contributed by atoms with Gasteiger partial charge in [-0.2, -0.15) is 0 Å². The van der Waals surface area contributed by atoms with E-state index in [2.05, 4.69) is 28.5 Å². The van der Waals surface area contributed by atoms with Gasteiger partial charge in [-0.15, -0.1) is 0 Å². The Bertz CT molecular complexity index is 783. The zero-order chi connectivity index (χ0) is 14.8. The standard InChI is InChI=1S/C18H17ClN2/c1-12-11-15(13-7-4-6-10-17(13)21-12)18(20-2)14-8-3-5-9-16(14)19/h3-11,18,20H,1-2H3. The van der Waals surface area contributed by atoms with Crippen molar-refractivity contribution in [3.8, 4) is 0 Å². The lowest BCUT2D eigenvalue weighted by molar-refractivity contribution is 0.695. The van der Waals surface area contributed by atoms with Crippen LogP contribution >= 0.6 is 11.6 Å². The smallest absolute Gasteiger partial charge is 0.0708 e. The molecule has 1 aromatic heterocycles. The van der Waals surface area contributed by atoms with Crippen molar-refractivity contribution in [3.63, 3.8) is 0 Å². The molecular weight excluding hydrogens is 280 g/mol. The largest absolute Gasteiger partial charge is 0.309 e. The van der Waals surface area contributed by atoms with E-state index < -0.39 is 0 Å². The van der Waals surface area contributed by atoms with Gasteiger partial charge in [0.05, 0.1) is 11.6 Å². The third-order valence-corrected chi connectivity index (χ3v) is 4.04. The fourth-order valence-corrected chi connectivity index (χ4v) is 3.01. The number of hydrogen-bond donors (Lipinski definition) is 1. The molecule has 0 aliphatic carbocycles. The summed E-state index contributed by atoms with van der Waals surface area (Å²) >= 11 is 6.38. The lowest BCUT2D eigenvalue weighted by Crippen LogP contribution is -2.18. The van der Waals surface area contributed by atoms with Gasteiger partial charge in [0.15, 0.2) is 0 Å². The molecule has 2 aromatic carbocycles. The molecule has 2 nitrogen and oxygen atoms in total. The highest BCUT2D eigenvalue weighted by atomic mass is 35.5. The minimum absolute atomic E-state index is 0.0466. The van der Waals surface area contributed by atoms with Gasteiger partial charge >= 0.3 is 0 Å². The second kappa shape index (κ2) is 5.84. The van der Waals surface area contributed by atoms with Gasteiger partial charge in [-0.1, -0.05) is 48.0 Å². The molecule has 0 spiro atoms. The lowest BCUT2D eigenvalue weighted by Gasteiger charge is -2.20. The molecule has 0 saturated heterocycles. The predicted molar refractivity (Wildman–Crippen MR) is 88.8 cm³/mol. The second-order valence-electron chi connectivity index (χ2n) is 5.11. The quantitative estimate of drug-likeness (QED) is 0.769. The Morgan fingerprint density at radius 2 is 1.71 bits per heavy atom. The first-order chi connectivity index (χ1) is 10.2. The molecule has 3 rings (SSSR count). The zero-order valence-electron chi connectivity index (χ0n) is 12.1. The van der Waals surface area contributed by atoms with Gasteiger partial charge in [0.25, 0.3) is 0 Å². The first kappa shape index (κ1) is 14.1. The molecule has 0 aliphatic heterocycles. The molecule has 0 saturated carbocycles. The molecule has 3 aromatic rings. The summed E-state index contributed by atoms with van der Waals surface area (Å²) in [5.74, 6) is 0. The van der Waals surface area contributed by atoms with Crippen molar-refractivity contribution < 1.29 is 0 Å². The monoisotopic (exact) mass is 296 g/mol. The average molecular weight is 297 g/mol. The summed E-state index contributed by atoms with van der Waals surface area (Å²) in [7, 11) is 1.96. The summed E-state index contributed by atoms with van der Waals surface area (Å²) in [6.45, 7) is 2.02. The number of nitrogens with zero attached hydrogens (tertiary/aromatic N) is 1. The highest BCUT2D eigenvalue weighted by molar-refractivity contribution is 6.31. The van der Waals surface area contributed by atoms with Gasteiger partial charge in [0.2, 0.25) is 0 Å². The first-order valence-corrected chi connectivity index (χ1v) is 7.36. The fraction of sp³-hybridized carbons (Fsp3) is 0.167. The van der Waals surface area contributed by atoms with Gasteiger partial charge in [-0.25, -0.2) is 0 Å². The third kappa shape index (κ3) is 2.65. The van der Waals surface area contributed by atoms with Crippen LogP contribution in [-0.4, -0.2) is 12.0 Å². The SMILES string of the molecule is CNC(c1ccccc1Cl)c1cc(C)nc2ccccc12. The second-order valence-corrected chi connectivity index (χ2v) is 5.52. The molecule has 0 radical (unpaired) electrons. The average Bonchev–Trinajstić information content (AvgIpc) is 2.49. The third-order valence-electron chi connectivity index (χ3n) is 3.69. The van der Waals surface area contributed by atoms with Crippen molar-refractivity contribution in [3.05, 3.63) is 76.4 Å². The van der Waals surface area contributed by atoms with Crippen LogP contribution in [0.2, 0.25) is 5.02 Å². The molecule has 0 bridgehead atoms. The summed E-state index contributed by atoms with van der Waals surface area (Å²) in [6.07, 6.45) is 0. The molecular formula is C18H17ClN2. The minimum Gasteiger partial charge on any atom is -0.309 e. The minimum atomic E-state index is 0.0466. The van der Waals surface area contributed by atoms with Crippen LogP contribution in [0.15, 0.2) is 54.6 Å². The Labute approximate surface area is 129 Å². The molecule has 0 fully saturated rings. The topological polar surface area (TPSA) is 24.9 Å². The van der Waals surface area contributed by atoms with Crippen molar-refractivity contribution in [2.45, 2.75) is 13.0 Å². The first-order valence-electron chi connectivity index (χ1n) is 6.98. The van der Waals surface area contributed by atoms with Crippen LogP contribution in [0, 0.1) is 6.92 Å². The van der Waals surface area contributed by atoms with Gasteiger partial charge < -0.3 is 5.32 Å². The zero-order valence-corrected chi connectivity index (χ0v) is 12.9. The maximum Gasteiger partial charge on any atom is 0.0708 e. The van der Waals surface area contributed by atoms with Gasteiger partial charge in [0, 0.05) is 16.1 Å². The number of rotatable bonds is 3. The van der Waals surface area contributed by atoms with E-state index in [1.54, 1.807) is 0 Å². The van der Waals surface area contributed by atoms with Crippen molar-refractivity contribution in [1.82, 2.24) is 10.3 Å². The van der Waals surface area contributed by atoms with Crippen LogP contribution in [0.3, 0.4) is 0 Å².